The highest BCUT2D eigenvalue weighted by atomic mass is 16.5. The number of amides is 1. The molecule has 2 aliphatic heterocycles. The van der Waals surface area contributed by atoms with Gasteiger partial charge >= 0.3 is 0 Å². The van der Waals surface area contributed by atoms with Crippen LogP contribution >= 0.6 is 0 Å². The molecular formula is C15H20N2O3. The van der Waals surface area contributed by atoms with E-state index in [2.05, 4.69) is 10.6 Å². The molecule has 1 amide bonds. The van der Waals surface area contributed by atoms with Crippen LogP contribution in [-0.4, -0.2) is 36.4 Å². The molecule has 5 nitrogen and oxygen atoms in total. The molecule has 3 rings (SSSR count). The highest BCUT2D eigenvalue weighted by Gasteiger charge is 2.33. The standard InChI is InChI=1S/C15H20N2O3/c18-10-15(3-5-20-6-4-15)17-14(19)11-1-2-12-8-16-9-13(12)7-11/h1-2,7,16,18H,3-6,8-10H2,(H,17,19). The molecular weight excluding hydrogens is 256 g/mol. The molecule has 108 valence electrons. The Hall–Kier alpha value is -1.43. The lowest BCUT2D eigenvalue weighted by molar-refractivity contribution is 0.0125. The fraction of sp³-hybridized carbons (Fsp3) is 0.533. The molecule has 20 heavy (non-hydrogen) atoms. The van der Waals surface area contributed by atoms with Crippen molar-refractivity contribution in [3.8, 4) is 0 Å². The Bertz CT molecular complexity index is 510. The van der Waals surface area contributed by atoms with Crippen molar-refractivity contribution >= 4 is 5.91 Å². The van der Waals surface area contributed by atoms with E-state index in [1.54, 1.807) is 0 Å². The second kappa shape index (κ2) is 5.52. The Morgan fingerprint density at radius 1 is 1.30 bits per heavy atom. The van der Waals surface area contributed by atoms with E-state index in [1.807, 2.05) is 18.2 Å². The summed E-state index contributed by atoms with van der Waals surface area (Å²) in [4.78, 5) is 12.4. The first kappa shape index (κ1) is 13.5. The molecule has 2 heterocycles. The van der Waals surface area contributed by atoms with Crippen molar-refractivity contribution in [2.45, 2.75) is 31.5 Å². The Labute approximate surface area is 118 Å². The number of carbonyl (C=O) groups excluding carboxylic acids is 1. The summed E-state index contributed by atoms with van der Waals surface area (Å²) in [5.41, 5.74) is 2.56. The van der Waals surface area contributed by atoms with Crippen LogP contribution in [0.2, 0.25) is 0 Å². The summed E-state index contributed by atoms with van der Waals surface area (Å²) in [6.45, 7) is 2.79. The van der Waals surface area contributed by atoms with Gasteiger partial charge in [-0.1, -0.05) is 6.07 Å². The van der Waals surface area contributed by atoms with Gasteiger partial charge in [0.15, 0.2) is 0 Å². The topological polar surface area (TPSA) is 70.6 Å². The molecule has 0 radical (unpaired) electrons. The lowest BCUT2D eigenvalue weighted by Crippen LogP contribution is -2.54. The SMILES string of the molecule is O=C(NC1(CO)CCOCC1)c1ccc2c(c1)CNC2. The van der Waals surface area contributed by atoms with Gasteiger partial charge in [0.05, 0.1) is 12.1 Å². The normalized spacial score (nSPS) is 20.4. The maximum absolute atomic E-state index is 12.4. The zero-order valence-corrected chi connectivity index (χ0v) is 11.4. The molecule has 0 aromatic heterocycles. The number of carbonyl (C=O) groups is 1. The number of aliphatic hydroxyl groups is 1. The van der Waals surface area contributed by atoms with Gasteiger partial charge in [0.1, 0.15) is 0 Å². The monoisotopic (exact) mass is 276 g/mol. The zero-order valence-electron chi connectivity index (χ0n) is 11.4. The van der Waals surface area contributed by atoms with Gasteiger partial charge in [0, 0.05) is 31.9 Å². The third kappa shape index (κ3) is 2.57. The smallest absolute Gasteiger partial charge is 0.251 e. The molecule has 0 atom stereocenters. The van der Waals surface area contributed by atoms with Crippen molar-refractivity contribution in [2.24, 2.45) is 0 Å². The molecule has 1 aromatic rings. The number of fused-ring (bicyclic) bond motifs is 1. The summed E-state index contributed by atoms with van der Waals surface area (Å²) >= 11 is 0. The number of hydrogen-bond donors (Lipinski definition) is 3. The number of ether oxygens (including phenoxy) is 1. The minimum absolute atomic E-state index is 0.0470. The maximum Gasteiger partial charge on any atom is 0.251 e. The van der Waals surface area contributed by atoms with Gasteiger partial charge in [0.25, 0.3) is 5.91 Å². The van der Waals surface area contributed by atoms with Crippen LogP contribution in [0.3, 0.4) is 0 Å². The van der Waals surface area contributed by atoms with Gasteiger partial charge < -0.3 is 20.5 Å². The zero-order chi connectivity index (χ0) is 14.0. The third-order valence-corrected chi connectivity index (χ3v) is 4.23. The highest BCUT2D eigenvalue weighted by molar-refractivity contribution is 5.95. The van der Waals surface area contributed by atoms with Crippen LogP contribution in [0.15, 0.2) is 18.2 Å². The Balaban J connectivity index is 1.75. The summed E-state index contributed by atoms with van der Waals surface area (Å²) in [6.07, 6.45) is 1.31. The predicted octanol–water partition coefficient (Wildman–Crippen LogP) is 0.561. The molecule has 1 fully saturated rings. The van der Waals surface area contributed by atoms with E-state index in [0.717, 1.165) is 13.1 Å². The van der Waals surface area contributed by atoms with E-state index < -0.39 is 5.54 Å². The molecule has 3 N–H and O–H groups in total. The second-order valence-corrected chi connectivity index (χ2v) is 5.59. The lowest BCUT2D eigenvalue weighted by atomic mass is 9.90. The summed E-state index contributed by atoms with van der Waals surface area (Å²) in [5, 5.41) is 15.9. The first-order chi connectivity index (χ1) is 9.72. The predicted molar refractivity (Wildman–Crippen MR) is 74.3 cm³/mol. The van der Waals surface area contributed by atoms with Crippen LogP contribution in [0.25, 0.3) is 0 Å². The molecule has 0 unspecified atom stereocenters. The Kier molecular flexibility index (Phi) is 3.74. The largest absolute Gasteiger partial charge is 0.394 e. The molecule has 0 spiro atoms. The summed E-state index contributed by atoms with van der Waals surface area (Å²) < 4.78 is 5.30. The second-order valence-electron chi connectivity index (χ2n) is 5.59. The van der Waals surface area contributed by atoms with Gasteiger partial charge in [-0.3, -0.25) is 4.79 Å². The molecule has 2 aliphatic rings. The number of nitrogens with one attached hydrogen (secondary N) is 2. The van der Waals surface area contributed by atoms with Gasteiger partial charge in [-0.25, -0.2) is 0 Å². The fourth-order valence-electron chi connectivity index (χ4n) is 2.83. The van der Waals surface area contributed by atoms with Crippen LogP contribution in [-0.2, 0) is 17.8 Å². The van der Waals surface area contributed by atoms with Gasteiger partial charge in [0.2, 0.25) is 0 Å². The van der Waals surface area contributed by atoms with Crippen molar-refractivity contribution < 1.29 is 14.6 Å². The van der Waals surface area contributed by atoms with Crippen LogP contribution in [0.4, 0.5) is 0 Å². The highest BCUT2D eigenvalue weighted by Crippen LogP contribution is 2.22. The van der Waals surface area contributed by atoms with Crippen molar-refractivity contribution in [3.05, 3.63) is 34.9 Å². The molecule has 1 saturated heterocycles. The first-order valence-electron chi connectivity index (χ1n) is 7.06. The summed E-state index contributed by atoms with van der Waals surface area (Å²) in [6, 6.07) is 5.79. The van der Waals surface area contributed by atoms with Crippen molar-refractivity contribution in [2.75, 3.05) is 19.8 Å². The van der Waals surface area contributed by atoms with E-state index in [1.165, 1.54) is 11.1 Å². The average Bonchev–Trinajstić information content (AvgIpc) is 2.95. The van der Waals surface area contributed by atoms with Crippen LogP contribution < -0.4 is 10.6 Å². The van der Waals surface area contributed by atoms with Gasteiger partial charge in [-0.2, -0.15) is 0 Å². The minimum atomic E-state index is -0.535. The Morgan fingerprint density at radius 3 is 2.80 bits per heavy atom. The average molecular weight is 276 g/mol. The van der Waals surface area contributed by atoms with Crippen molar-refractivity contribution in [1.82, 2.24) is 10.6 Å². The third-order valence-electron chi connectivity index (χ3n) is 4.23. The molecule has 0 aliphatic carbocycles. The Morgan fingerprint density at radius 2 is 2.05 bits per heavy atom. The molecule has 5 heteroatoms. The van der Waals surface area contributed by atoms with E-state index in [4.69, 9.17) is 4.74 Å². The molecule has 1 aromatic carbocycles. The van der Waals surface area contributed by atoms with Crippen molar-refractivity contribution in [3.63, 3.8) is 0 Å². The summed E-state index contributed by atoms with van der Waals surface area (Å²) in [7, 11) is 0. The van der Waals surface area contributed by atoms with E-state index in [0.29, 0.717) is 31.6 Å². The molecule has 0 saturated carbocycles. The van der Waals surface area contributed by atoms with Crippen LogP contribution in [0.5, 0.6) is 0 Å². The summed E-state index contributed by atoms with van der Waals surface area (Å²) in [5.74, 6) is -0.115. The van der Waals surface area contributed by atoms with Crippen molar-refractivity contribution in [1.29, 1.82) is 0 Å². The van der Waals surface area contributed by atoms with Gasteiger partial charge in [-0.15, -0.1) is 0 Å². The lowest BCUT2D eigenvalue weighted by Gasteiger charge is -2.36. The molecule has 0 bridgehead atoms. The number of rotatable bonds is 3. The van der Waals surface area contributed by atoms with Crippen LogP contribution in [0.1, 0.15) is 34.3 Å². The van der Waals surface area contributed by atoms with E-state index in [9.17, 15) is 9.90 Å². The van der Waals surface area contributed by atoms with E-state index in [-0.39, 0.29) is 12.5 Å². The number of hydrogen-bond acceptors (Lipinski definition) is 4. The minimum Gasteiger partial charge on any atom is -0.394 e. The fourth-order valence-corrected chi connectivity index (χ4v) is 2.83. The quantitative estimate of drug-likeness (QED) is 0.754. The first-order valence-corrected chi connectivity index (χ1v) is 7.06. The number of aliphatic hydroxyl groups excluding tert-OH is 1. The van der Waals surface area contributed by atoms with Gasteiger partial charge in [-0.05, 0) is 36.1 Å². The number of benzene rings is 1. The maximum atomic E-state index is 12.4. The van der Waals surface area contributed by atoms with E-state index >= 15 is 0 Å². The van der Waals surface area contributed by atoms with Crippen LogP contribution in [0, 0.1) is 0 Å².